The van der Waals surface area contributed by atoms with Crippen LogP contribution in [-0.4, -0.2) is 60.7 Å². The third-order valence-corrected chi connectivity index (χ3v) is 6.50. The van der Waals surface area contributed by atoms with Gasteiger partial charge in [0.1, 0.15) is 0 Å². The van der Waals surface area contributed by atoms with Crippen LogP contribution in [0.1, 0.15) is 36.2 Å². The second-order valence-corrected chi connectivity index (χ2v) is 8.69. The first-order valence-corrected chi connectivity index (χ1v) is 11.2. The summed E-state index contributed by atoms with van der Waals surface area (Å²) >= 11 is 1.77. The lowest BCUT2D eigenvalue weighted by atomic mass is 9.97. The van der Waals surface area contributed by atoms with Crippen LogP contribution >= 0.6 is 11.3 Å². The quantitative estimate of drug-likeness (QED) is 0.676. The summed E-state index contributed by atoms with van der Waals surface area (Å²) in [5.41, 5.74) is 1.01. The summed E-state index contributed by atoms with van der Waals surface area (Å²) in [5, 5.41) is 5.30. The number of pyridine rings is 1. The van der Waals surface area contributed by atoms with Crippen LogP contribution in [0.5, 0.6) is 0 Å². The largest absolute Gasteiger partial charge is 0.383 e. The van der Waals surface area contributed by atoms with Crippen molar-refractivity contribution >= 4 is 17.4 Å². The first-order valence-electron chi connectivity index (χ1n) is 10.4. The van der Waals surface area contributed by atoms with Gasteiger partial charge in [0.05, 0.1) is 12.6 Å². The van der Waals surface area contributed by atoms with Gasteiger partial charge in [0.2, 0.25) is 0 Å². The lowest BCUT2D eigenvalue weighted by Crippen LogP contribution is -2.46. The number of urea groups is 1. The fourth-order valence-corrected chi connectivity index (χ4v) is 4.55. The number of aromatic nitrogens is 1. The first kappa shape index (κ1) is 21.7. The molecule has 6 nitrogen and oxygen atoms in total. The molecule has 0 aromatic carbocycles. The fourth-order valence-electron chi connectivity index (χ4n) is 3.69. The predicted molar refractivity (Wildman–Crippen MR) is 117 cm³/mol. The van der Waals surface area contributed by atoms with Crippen LogP contribution in [0.3, 0.4) is 0 Å². The molecule has 0 spiro atoms. The highest BCUT2D eigenvalue weighted by Crippen LogP contribution is 2.29. The minimum atomic E-state index is -0.0576. The lowest BCUT2D eigenvalue weighted by molar-refractivity contribution is 0.128. The van der Waals surface area contributed by atoms with Crippen molar-refractivity contribution in [2.75, 3.05) is 39.9 Å². The summed E-state index contributed by atoms with van der Waals surface area (Å²) in [4.78, 5) is 22.8. The van der Waals surface area contributed by atoms with Gasteiger partial charge in [-0.05, 0) is 54.9 Å². The maximum Gasteiger partial charge on any atom is 0.317 e. The molecule has 3 rings (SSSR count). The molecule has 0 radical (unpaired) electrons. The average Bonchev–Trinajstić information content (AvgIpc) is 3.27. The van der Waals surface area contributed by atoms with Crippen molar-refractivity contribution in [2.24, 2.45) is 5.92 Å². The smallest absolute Gasteiger partial charge is 0.317 e. The van der Waals surface area contributed by atoms with E-state index in [2.05, 4.69) is 39.6 Å². The van der Waals surface area contributed by atoms with Crippen LogP contribution < -0.4 is 5.32 Å². The number of piperidine rings is 1. The number of nitrogens with zero attached hydrogens (tertiary/aromatic N) is 3. The molecule has 0 saturated carbocycles. The SMILES string of the molecule is COCCN(Cc1cccnc1)C(=O)NCC(c1cccs1)N1CCC(C)CC1. The number of ether oxygens (including phenoxy) is 1. The van der Waals surface area contributed by atoms with Crippen LogP contribution in [-0.2, 0) is 11.3 Å². The normalized spacial score (nSPS) is 16.5. The van der Waals surface area contributed by atoms with Gasteiger partial charge in [0.25, 0.3) is 0 Å². The standard InChI is InChI=1S/C22H32N4O2S/c1-18-7-10-25(11-8-18)20(21-6-4-14-29-21)16-24-22(27)26(12-13-28-2)17-19-5-3-9-23-15-19/h3-6,9,14-15,18,20H,7-8,10-13,16-17H2,1-2H3,(H,24,27). The number of hydrogen-bond acceptors (Lipinski definition) is 5. The summed E-state index contributed by atoms with van der Waals surface area (Å²) in [7, 11) is 1.66. The molecule has 2 aromatic rings. The highest BCUT2D eigenvalue weighted by atomic mass is 32.1. The molecular formula is C22H32N4O2S. The van der Waals surface area contributed by atoms with Crippen LogP contribution in [0, 0.1) is 5.92 Å². The molecule has 7 heteroatoms. The van der Waals surface area contributed by atoms with Gasteiger partial charge in [-0.1, -0.05) is 19.1 Å². The molecule has 29 heavy (non-hydrogen) atoms. The van der Waals surface area contributed by atoms with E-state index < -0.39 is 0 Å². The zero-order chi connectivity index (χ0) is 20.5. The van der Waals surface area contributed by atoms with E-state index in [-0.39, 0.29) is 12.1 Å². The molecule has 1 unspecified atom stereocenters. The Labute approximate surface area is 177 Å². The van der Waals surface area contributed by atoms with Crippen molar-refractivity contribution in [3.63, 3.8) is 0 Å². The Morgan fingerprint density at radius 3 is 2.86 bits per heavy atom. The Morgan fingerprint density at radius 2 is 2.21 bits per heavy atom. The molecule has 0 bridgehead atoms. The summed E-state index contributed by atoms with van der Waals surface area (Å²) < 4.78 is 5.21. The maximum atomic E-state index is 13.0. The van der Waals surface area contributed by atoms with E-state index in [4.69, 9.17) is 4.74 Å². The predicted octanol–water partition coefficient (Wildman–Crippen LogP) is 3.77. The fraction of sp³-hybridized carbons (Fsp3) is 0.545. The highest BCUT2D eigenvalue weighted by molar-refractivity contribution is 7.10. The van der Waals surface area contributed by atoms with Gasteiger partial charge in [-0.2, -0.15) is 0 Å². The third-order valence-electron chi connectivity index (χ3n) is 5.53. The molecule has 1 atom stereocenters. The summed E-state index contributed by atoms with van der Waals surface area (Å²) in [6, 6.07) is 8.33. The average molecular weight is 417 g/mol. The van der Waals surface area contributed by atoms with Gasteiger partial charge in [-0.15, -0.1) is 11.3 Å². The Hall–Kier alpha value is -1.96. The highest BCUT2D eigenvalue weighted by Gasteiger charge is 2.26. The molecule has 1 N–H and O–H groups in total. The van der Waals surface area contributed by atoms with E-state index >= 15 is 0 Å². The number of thiophene rings is 1. The van der Waals surface area contributed by atoms with Gasteiger partial charge >= 0.3 is 6.03 Å². The van der Waals surface area contributed by atoms with Gasteiger partial charge in [-0.25, -0.2) is 4.79 Å². The molecule has 2 aromatic heterocycles. The van der Waals surface area contributed by atoms with E-state index in [1.54, 1.807) is 35.7 Å². The lowest BCUT2D eigenvalue weighted by Gasteiger charge is -2.36. The number of likely N-dealkylation sites (tertiary alicyclic amines) is 1. The Balaban J connectivity index is 1.63. The molecule has 2 amide bonds. The van der Waals surface area contributed by atoms with Gasteiger partial charge in [-0.3, -0.25) is 9.88 Å². The topological polar surface area (TPSA) is 57.7 Å². The van der Waals surface area contributed by atoms with Crippen molar-refractivity contribution in [2.45, 2.75) is 32.4 Å². The number of rotatable bonds is 9. The molecule has 1 aliphatic rings. The zero-order valence-corrected chi connectivity index (χ0v) is 18.2. The van der Waals surface area contributed by atoms with Crippen LogP contribution in [0.25, 0.3) is 0 Å². The first-order chi connectivity index (χ1) is 14.2. The summed E-state index contributed by atoms with van der Waals surface area (Å²) in [6.07, 6.45) is 5.98. The number of carbonyl (C=O) groups excluding carboxylic acids is 1. The van der Waals surface area contributed by atoms with Crippen LogP contribution in [0.4, 0.5) is 4.79 Å². The van der Waals surface area contributed by atoms with Gasteiger partial charge < -0.3 is 15.0 Å². The molecule has 1 fully saturated rings. The molecule has 1 saturated heterocycles. The second kappa shape index (κ2) is 11.3. The van der Waals surface area contributed by atoms with Crippen molar-refractivity contribution < 1.29 is 9.53 Å². The maximum absolute atomic E-state index is 13.0. The van der Waals surface area contributed by atoms with E-state index in [0.29, 0.717) is 26.2 Å². The second-order valence-electron chi connectivity index (χ2n) is 7.71. The number of nitrogens with one attached hydrogen (secondary N) is 1. The number of methoxy groups -OCH3 is 1. The number of amides is 2. The molecule has 3 heterocycles. The zero-order valence-electron chi connectivity index (χ0n) is 17.4. The van der Waals surface area contributed by atoms with Crippen LogP contribution in [0.15, 0.2) is 42.0 Å². The Kier molecular flexibility index (Phi) is 8.46. The minimum Gasteiger partial charge on any atom is -0.383 e. The van der Waals surface area contributed by atoms with Crippen molar-refractivity contribution in [1.29, 1.82) is 0 Å². The Morgan fingerprint density at radius 1 is 1.38 bits per heavy atom. The molecular weight excluding hydrogens is 384 g/mol. The summed E-state index contributed by atoms with van der Waals surface area (Å²) in [6.45, 7) is 6.68. The number of hydrogen-bond donors (Lipinski definition) is 1. The molecule has 0 aliphatic carbocycles. The van der Waals surface area contributed by atoms with E-state index in [1.807, 2.05) is 12.1 Å². The third kappa shape index (κ3) is 6.52. The van der Waals surface area contributed by atoms with Crippen molar-refractivity contribution in [3.05, 3.63) is 52.5 Å². The molecule has 158 valence electrons. The van der Waals surface area contributed by atoms with Crippen LogP contribution in [0.2, 0.25) is 0 Å². The van der Waals surface area contributed by atoms with Crippen molar-refractivity contribution in [3.8, 4) is 0 Å². The molecule has 1 aliphatic heterocycles. The number of carbonyl (C=O) groups is 1. The van der Waals surface area contributed by atoms with Crippen molar-refractivity contribution in [1.82, 2.24) is 20.1 Å². The van der Waals surface area contributed by atoms with E-state index in [0.717, 1.165) is 24.6 Å². The summed E-state index contributed by atoms with van der Waals surface area (Å²) in [5.74, 6) is 0.786. The Bertz CT molecular complexity index is 718. The van der Waals surface area contributed by atoms with Gasteiger partial charge in [0, 0.05) is 44.0 Å². The minimum absolute atomic E-state index is 0.0576. The van der Waals surface area contributed by atoms with E-state index in [1.165, 1.54) is 17.7 Å². The monoisotopic (exact) mass is 416 g/mol. The van der Waals surface area contributed by atoms with E-state index in [9.17, 15) is 4.79 Å². The van der Waals surface area contributed by atoms with Gasteiger partial charge in [0.15, 0.2) is 0 Å².